The summed E-state index contributed by atoms with van der Waals surface area (Å²) in [5.74, 6) is 1.61. The number of hydrogen-bond acceptors (Lipinski definition) is 7. The van der Waals surface area contributed by atoms with E-state index in [1.807, 2.05) is 31.4 Å². The van der Waals surface area contributed by atoms with E-state index in [2.05, 4.69) is 39.3 Å². The molecule has 2 N–H and O–H groups in total. The van der Waals surface area contributed by atoms with Crippen LogP contribution in [-0.4, -0.2) is 57.1 Å². The van der Waals surface area contributed by atoms with Crippen molar-refractivity contribution >= 4 is 22.5 Å². The standard InChI is InChI=1S/C21H27N7/c1-14(2)28-8-6-16(7-9-28)25-21-13-23-12-19(27-21)17-5-4-15-11-24-20(22-3)10-18(15)26-17/h4-5,10-14,16H,6-9H2,1-3H3,(H,22,24)(H,25,27). The first-order chi connectivity index (χ1) is 13.6. The summed E-state index contributed by atoms with van der Waals surface area (Å²) in [5.41, 5.74) is 2.47. The molecule has 1 aliphatic heterocycles. The predicted molar refractivity (Wildman–Crippen MR) is 113 cm³/mol. The van der Waals surface area contributed by atoms with Crippen molar-refractivity contribution in [3.8, 4) is 11.4 Å². The molecule has 0 unspecified atom stereocenters. The smallest absolute Gasteiger partial charge is 0.145 e. The molecule has 4 heterocycles. The first-order valence-corrected chi connectivity index (χ1v) is 9.90. The zero-order chi connectivity index (χ0) is 19.5. The molecular formula is C21H27N7. The van der Waals surface area contributed by atoms with Gasteiger partial charge < -0.3 is 15.5 Å². The van der Waals surface area contributed by atoms with E-state index in [-0.39, 0.29) is 0 Å². The summed E-state index contributed by atoms with van der Waals surface area (Å²) in [5, 5.41) is 7.61. The van der Waals surface area contributed by atoms with Gasteiger partial charge in [-0.3, -0.25) is 4.98 Å². The monoisotopic (exact) mass is 377 g/mol. The fourth-order valence-corrected chi connectivity index (χ4v) is 3.62. The van der Waals surface area contributed by atoms with Crippen LogP contribution in [0.4, 0.5) is 11.6 Å². The number of fused-ring (bicyclic) bond motifs is 1. The number of hydrogen-bond donors (Lipinski definition) is 2. The molecule has 146 valence electrons. The van der Waals surface area contributed by atoms with E-state index in [1.165, 1.54) is 0 Å². The van der Waals surface area contributed by atoms with Crippen LogP contribution in [0.3, 0.4) is 0 Å². The summed E-state index contributed by atoms with van der Waals surface area (Å²) in [7, 11) is 1.85. The second kappa shape index (κ2) is 8.06. The highest BCUT2D eigenvalue weighted by atomic mass is 15.2. The van der Waals surface area contributed by atoms with Crippen molar-refractivity contribution in [3.63, 3.8) is 0 Å². The minimum absolute atomic E-state index is 0.438. The van der Waals surface area contributed by atoms with E-state index in [9.17, 15) is 0 Å². The molecule has 0 aromatic carbocycles. The third-order valence-electron chi connectivity index (χ3n) is 5.34. The quantitative estimate of drug-likeness (QED) is 0.705. The van der Waals surface area contributed by atoms with Crippen molar-refractivity contribution in [1.29, 1.82) is 0 Å². The predicted octanol–water partition coefficient (Wildman–Crippen LogP) is 3.41. The largest absolute Gasteiger partial charge is 0.373 e. The molecule has 1 aliphatic rings. The van der Waals surface area contributed by atoms with E-state index in [1.54, 1.807) is 12.4 Å². The fraction of sp³-hybridized carbons (Fsp3) is 0.429. The van der Waals surface area contributed by atoms with Crippen LogP contribution in [0.25, 0.3) is 22.3 Å². The second-order valence-corrected chi connectivity index (χ2v) is 7.55. The number of anilines is 2. The summed E-state index contributed by atoms with van der Waals surface area (Å²) >= 11 is 0. The summed E-state index contributed by atoms with van der Waals surface area (Å²) in [6.45, 7) is 6.76. The zero-order valence-electron chi connectivity index (χ0n) is 16.7. The second-order valence-electron chi connectivity index (χ2n) is 7.55. The molecule has 1 fully saturated rings. The van der Waals surface area contributed by atoms with Crippen LogP contribution in [0, 0.1) is 0 Å². The third-order valence-corrected chi connectivity index (χ3v) is 5.34. The number of nitrogens with one attached hydrogen (secondary N) is 2. The summed E-state index contributed by atoms with van der Waals surface area (Å²) < 4.78 is 0. The van der Waals surface area contributed by atoms with E-state index < -0.39 is 0 Å². The molecule has 0 radical (unpaired) electrons. The number of likely N-dealkylation sites (tertiary alicyclic amines) is 1. The lowest BCUT2D eigenvalue weighted by Crippen LogP contribution is -2.42. The van der Waals surface area contributed by atoms with Crippen molar-refractivity contribution in [3.05, 3.63) is 36.8 Å². The minimum Gasteiger partial charge on any atom is -0.373 e. The molecule has 0 amide bonds. The first-order valence-electron chi connectivity index (χ1n) is 9.90. The molecule has 28 heavy (non-hydrogen) atoms. The maximum Gasteiger partial charge on any atom is 0.145 e. The highest BCUT2D eigenvalue weighted by Gasteiger charge is 2.21. The Balaban J connectivity index is 1.51. The van der Waals surface area contributed by atoms with Crippen LogP contribution < -0.4 is 10.6 Å². The summed E-state index contributed by atoms with van der Waals surface area (Å²) in [6, 6.07) is 6.98. The van der Waals surface area contributed by atoms with Crippen LogP contribution in [0.15, 0.2) is 36.8 Å². The number of rotatable bonds is 5. The molecule has 0 spiro atoms. The third kappa shape index (κ3) is 4.04. The molecule has 1 saturated heterocycles. The maximum atomic E-state index is 4.76. The summed E-state index contributed by atoms with van der Waals surface area (Å²) in [4.78, 5) is 20.7. The van der Waals surface area contributed by atoms with Crippen molar-refractivity contribution in [2.45, 2.75) is 38.8 Å². The topological polar surface area (TPSA) is 78.9 Å². The van der Waals surface area contributed by atoms with Crippen LogP contribution in [0.5, 0.6) is 0 Å². The van der Waals surface area contributed by atoms with Gasteiger partial charge in [0.25, 0.3) is 0 Å². The average molecular weight is 377 g/mol. The Morgan fingerprint density at radius 1 is 1.00 bits per heavy atom. The lowest BCUT2D eigenvalue weighted by atomic mass is 10.0. The molecule has 7 nitrogen and oxygen atoms in total. The van der Waals surface area contributed by atoms with E-state index in [0.717, 1.165) is 59.9 Å². The van der Waals surface area contributed by atoms with E-state index >= 15 is 0 Å². The highest BCUT2D eigenvalue weighted by molar-refractivity contribution is 5.82. The van der Waals surface area contributed by atoms with Gasteiger partial charge in [0.1, 0.15) is 17.3 Å². The molecular weight excluding hydrogens is 350 g/mol. The van der Waals surface area contributed by atoms with Gasteiger partial charge in [-0.15, -0.1) is 0 Å². The van der Waals surface area contributed by atoms with Crippen LogP contribution >= 0.6 is 0 Å². The van der Waals surface area contributed by atoms with Crippen LogP contribution in [0.1, 0.15) is 26.7 Å². The van der Waals surface area contributed by atoms with Gasteiger partial charge in [-0.25, -0.2) is 15.0 Å². The molecule has 0 saturated carbocycles. The Hall–Kier alpha value is -2.80. The van der Waals surface area contributed by atoms with Gasteiger partial charge in [-0.05, 0) is 38.8 Å². The molecule has 0 aliphatic carbocycles. The fourth-order valence-electron chi connectivity index (χ4n) is 3.62. The van der Waals surface area contributed by atoms with E-state index in [4.69, 9.17) is 9.97 Å². The Kier molecular flexibility index (Phi) is 5.34. The van der Waals surface area contributed by atoms with Gasteiger partial charge in [0.2, 0.25) is 0 Å². The number of piperidine rings is 1. The molecule has 7 heteroatoms. The van der Waals surface area contributed by atoms with Crippen LogP contribution in [0.2, 0.25) is 0 Å². The number of pyridine rings is 2. The Labute approximate surface area is 165 Å². The molecule has 3 aromatic rings. The minimum atomic E-state index is 0.438. The van der Waals surface area contributed by atoms with Gasteiger partial charge >= 0.3 is 0 Å². The number of aromatic nitrogens is 4. The zero-order valence-corrected chi connectivity index (χ0v) is 16.7. The van der Waals surface area contributed by atoms with Crippen molar-refractivity contribution in [2.24, 2.45) is 0 Å². The number of nitrogens with zero attached hydrogens (tertiary/aromatic N) is 5. The maximum absolute atomic E-state index is 4.76. The van der Waals surface area contributed by atoms with E-state index in [0.29, 0.717) is 12.1 Å². The Morgan fingerprint density at radius 3 is 2.57 bits per heavy atom. The van der Waals surface area contributed by atoms with Crippen molar-refractivity contribution < 1.29 is 0 Å². The molecule has 4 rings (SSSR count). The van der Waals surface area contributed by atoms with Crippen molar-refractivity contribution in [2.75, 3.05) is 30.8 Å². The van der Waals surface area contributed by atoms with Crippen LogP contribution in [-0.2, 0) is 0 Å². The molecule has 3 aromatic heterocycles. The lowest BCUT2D eigenvalue weighted by molar-refractivity contribution is 0.177. The highest BCUT2D eigenvalue weighted by Crippen LogP contribution is 2.22. The van der Waals surface area contributed by atoms with Gasteiger partial charge in [0.15, 0.2) is 0 Å². The van der Waals surface area contributed by atoms with Crippen molar-refractivity contribution in [1.82, 2.24) is 24.8 Å². The lowest BCUT2D eigenvalue weighted by Gasteiger charge is -2.35. The van der Waals surface area contributed by atoms with Gasteiger partial charge in [-0.2, -0.15) is 0 Å². The average Bonchev–Trinajstić information content (AvgIpc) is 2.73. The molecule has 0 bridgehead atoms. The van der Waals surface area contributed by atoms with Gasteiger partial charge in [0.05, 0.1) is 23.6 Å². The summed E-state index contributed by atoms with van der Waals surface area (Å²) in [6.07, 6.45) is 7.63. The Bertz CT molecular complexity index is 948. The normalized spacial score (nSPS) is 15.9. The Morgan fingerprint density at radius 2 is 1.82 bits per heavy atom. The molecule has 0 atom stereocenters. The van der Waals surface area contributed by atoms with Gasteiger partial charge in [-0.1, -0.05) is 0 Å². The SMILES string of the molecule is CNc1cc2nc(-c3cncc(NC4CCN(C(C)C)CC4)n3)ccc2cn1. The van der Waals surface area contributed by atoms with Gasteiger partial charge in [0, 0.05) is 49.9 Å². The first kappa shape index (κ1) is 18.6.